The van der Waals surface area contributed by atoms with Gasteiger partial charge in [0, 0.05) is 5.69 Å². The number of halogens is 4. The van der Waals surface area contributed by atoms with Gasteiger partial charge in [-0.2, -0.15) is 13.2 Å². The summed E-state index contributed by atoms with van der Waals surface area (Å²) in [5, 5.41) is 8.06. The number of H-pyrrole nitrogens is 1. The van der Waals surface area contributed by atoms with E-state index in [1.54, 1.807) is 20.8 Å². The van der Waals surface area contributed by atoms with Crippen LogP contribution in [0.1, 0.15) is 38.3 Å². The summed E-state index contributed by atoms with van der Waals surface area (Å²) < 4.78 is 97.4. The fraction of sp³-hybridized carbons (Fsp3) is 0.318. The van der Waals surface area contributed by atoms with Crippen LogP contribution < -0.4 is 20.1 Å². The highest BCUT2D eigenvalue weighted by atomic mass is 32.2. The molecule has 0 fully saturated rings. The molecule has 1 aliphatic heterocycles. The lowest BCUT2D eigenvalue weighted by Gasteiger charge is -2.34. The summed E-state index contributed by atoms with van der Waals surface area (Å²) in [4.78, 5) is 22.8. The predicted molar refractivity (Wildman–Crippen MR) is 123 cm³/mol. The molecule has 1 unspecified atom stereocenters. The number of aromatic amines is 1. The molecular formula is C22H20F4N4O7S. The summed E-state index contributed by atoms with van der Waals surface area (Å²) in [7, 11) is -4.80. The Kier molecular flexibility index (Phi) is 6.63. The van der Waals surface area contributed by atoms with Gasteiger partial charge in [0.05, 0.1) is 22.7 Å². The largest absolute Gasteiger partial charge is 0.476 e. The van der Waals surface area contributed by atoms with Crippen LogP contribution in [-0.4, -0.2) is 36.9 Å². The Bertz CT molecular complexity index is 1540. The third-order valence-corrected chi connectivity index (χ3v) is 6.81. The maximum atomic E-state index is 13.9. The minimum atomic E-state index is -5.16. The van der Waals surface area contributed by atoms with E-state index in [4.69, 9.17) is 13.9 Å². The number of fused-ring (bicyclic) bond motifs is 1. The first kappa shape index (κ1) is 27.0. The maximum Gasteiger partial charge on any atom is 0.434 e. The number of nitrogens with zero attached hydrogens (tertiary/aromatic N) is 2. The third-order valence-electron chi connectivity index (χ3n) is 5.04. The topological polar surface area (TPSA) is 144 Å². The van der Waals surface area contributed by atoms with Crippen LogP contribution in [0.2, 0.25) is 0 Å². The number of ether oxygens (including phenoxy) is 2. The quantitative estimate of drug-likeness (QED) is 0.452. The highest BCUT2D eigenvalue weighted by Gasteiger charge is 2.40. The molecule has 0 spiro atoms. The monoisotopic (exact) mass is 560 g/mol. The normalized spacial score (nSPS) is 16.0. The van der Waals surface area contributed by atoms with Crippen LogP contribution in [0, 0.1) is 5.82 Å². The third kappa shape index (κ3) is 5.58. The minimum absolute atomic E-state index is 0.0710. The first-order valence-electron chi connectivity index (χ1n) is 10.8. The summed E-state index contributed by atoms with van der Waals surface area (Å²) in [5.41, 5.74) is -2.72. The zero-order valence-corrected chi connectivity index (χ0v) is 20.7. The molecule has 4 rings (SSSR count). The van der Waals surface area contributed by atoms with Crippen molar-refractivity contribution in [1.82, 2.24) is 10.2 Å². The van der Waals surface area contributed by atoms with Gasteiger partial charge in [0.15, 0.2) is 6.10 Å². The van der Waals surface area contributed by atoms with E-state index < -0.39 is 62.6 Å². The highest BCUT2D eigenvalue weighted by Crippen LogP contribution is 2.43. The molecule has 2 aromatic carbocycles. The number of nitrogens with one attached hydrogen (secondary N) is 2. The molecule has 0 aliphatic carbocycles. The van der Waals surface area contributed by atoms with Crippen molar-refractivity contribution in [2.45, 2.75) is 43.5 Å². The Hall–Kier alpha value is -4.08. The Morgan fingerprint density at radius 3 is 2.50 bits per heavy atom. The van der Waals surface area contributed by atoms with Gasteiger partial charge in [-0.25, -0.2) is 27.5 Å². The SMILES string of the molecule is CC(C)(C)OC(=O)Nc1ccc2c(c1)N(S(=O)(=O)c1ccc(F)c(C(F)(F)F)c1)CC(c1n[nH]c(=O)o1)O2. The number of amides is 1. The van der Waals surface area contributed by atoms with E-state index >= 15 is 0 Å². The Balaban J connectivity index is 1.80. The first-order chi connectivity index (χ1) is 17.5. The number of carbonyl (C=O) groups excluding carboxylic acids is 1. The van der Waals surface area contributed by atoms with Gasteiger partial charge in [0.1, 0.15) is 17.2 Å². The Morgan fingerprint density at radius 1 is 1.18 bits per heavy atom. The van der Waals surface area contributed by atoms with Crippen molar-refractivity contribution in [3.8, 4) is 5.75 Å². The average molecular weight is 560 g/mol. The molecule has 1 aromatic heterocycles. The molecule has 204 valence electrons. The average Bonchev–Trinajstić information content (AvgIpc) is 3.22. The number of benzene rings is 2. The van der Waals surface area contributed by atoms with Crippen LogP contribution in [0.25, 0.3) is 0 Å². The fourth-order valence-electron chi connectivity index (χ4n) is 3.50. The summed E-state index contributed by atoms with van der Waals surface area (Å²) in [6.07, 6.45) is -7.30. The van der Waals surface area contributed by atoms with E-state index in [1.807, 2.05) is 5.10 Å². The number of sulfonamides is 1. The molecule has 2 heterocycles. The summed E-state index contributed by atoms with van der Waals surface area (Å²) in [6, 6.07) is 5.08. The summed E-state index contributed by atoms with van der Waals surface area (Å²) in [6.45, 7) is 4.30. The maximum absolute atomic E-state index is 13.9. The van der Waals surface area contributed by atoms with E-state index in [9.17, 15) is 35.6 Å². The standard InChI is InChI=1S/C22H20F4N4O7S/c1-21(2,3)37-19(31)27-11-4-7-16-15(8-11)30(10-17(35-16)18-28-29-20(32)36-18)38(33,34)12-5-6-14(23)13(9-12)22(24,25)26/h4-9,17H,10H2,1-3H3,(H,27,31)(H,29,32). The molecule has 1 amide bonds. The lowest BCUT2D eigenvalue weighted by Crippen LogP contribution is -2.40. The molecule has 2 N–H and O–H groups in total. The molecule has 1 atom stereocenters. The van der Waals surface area contributed by atoms with Crippen LogP contribution in [0.4, 0.5) is 33.7 Å². The van der Waals surface area contributed by atoms with Crippen LogP contribution >= 0.6 is 0 Å². The van der Waals surface area contributed by atoms with E-state index in [1.165, 1.54) is 18.2 Å². The molecule has 0 radical (unpaired) electrons. The fourth-order valence-corrected chi connectivity index (χ4v) is 4.99. The molecule has 0 saturated heterocycles. The van der Waals surface area contributed by atoms with Crippen molar-refractivity contribution < 1.29 is 44.7 Å². The van der Waals surface area contributed by atoms with Crippen molar-refractivity contribution in [3.63, 3.8) is 0 Å². The molecule has 1 aliphatic rings. The van der Waals surface area contributed by atoms with Crippen LogP contribution in [0.3, 0.4) is 0 Å². The molecule has 16 heteroatoms. The van der Waals surface area contributed by atoms with E-state index in [-0.39, 0.29) is 29.1 Å². The van der Waals surface area contributed by atoms with Gasteiger partial charge in [0.2, 0.25) is 0 Å². The number of hydrogen-bond donors (Lipinski definition) is 2. The van der Waals surface area contributed by atoms with Crippen LogP contribution in [0.15, 0.2) is 50.5 Å². The molecule has 0 bridgehead atoms. The van der Waals surface area contributed by atoms with Crippen LogP contribution in [-0.2, 0) is 20.9 Å². The first-order valence-corrected chi connectivity index (χ1v) is 12.2. The van der Waals surface area contributed by atoms with Crippen molar-refractivity contribution in [2.75, 3.05) is 16.2 Å². The number of hydrogen-bond acceptors (Lipinski definition) is 8. The number of carbonyl (C=O) groups is 1. The van der Waals surface area contributed by atoms with Gasteiger partial charge >= 0.3 is 18.0 Å². The number of aromatic nitrogens is 2. The van der Waals surface area contributed by atoms with Gasteiger partial charge in [-0.15, -0.1) is 5.10 Å². The van der Waals surface area contributed by atoms with Gasteiger partial charge in [-0.3, -0.25) is 9.62 Å². The van der Waals surface area contributed by atoms with Crippen molar-refractivity contribution in [2.24, 2.45) is 0 Å². The lowest BCUT2D eigenvalue weighted by molar-refractivity contribution is -0.140. The Labute approximate surface area is 212 Å². The highest BCUT2D eigenvalue weighted by molar-refractivity contribution is 7.92. The predicted octanol–water partition coefficient (Wildman–Crippen LogP) is 4.20. The zero-order chi connectivity index (χ0) is 28.0. The van der Waals surface area contributed by atoms with E-state index in [2.05, 4.69) is 10.4 Å². The second-order valence-electron chi connectivity index (χ2n) is 9.04. The molecule has 11 nitrogen and oxygen atoms in total. The summed E-state index contributed by atoms with van der Waals surface area (Å²) in [5.74, 6) is -3.02. The van der Waals surface area contributed by atoms with Crippen LogP contribution in [0.5, 0.6) is 5.75 Å². The smallest absolute Gasteiger partial charge is 0.434 e. The minimum Gasteiger partial charge on any atom is -0.476 e. The van der Waals surface area contributed by atoms with Crippen molar-refractivity contribution >= 4 is 27.5 Å². The second-order valence-corrected chi connectivity index (χ2v) is 10.9. The number of anilines is 2. The molecular weight excluding hydrogens is 540 g/mol. The second kappa shape index (κ2) is 9.34. The lowest BCUT2D eigenvalue weighted by atomic mass is 10.2. The number of alkyl halides is 3. The Morgan fingerprint density at radius 2 is 1.89 bits per heavy atom. The molecule has 38 heavy (non-hydrogen) atoms. The van der Waals surface area contributed by atoms with Gasteiger partial charge in [-0.1, -0.05) is 0 Å². The summed E-state index contributed by atoms with van der Waals surface area (Å²) >= 11 is 0. The van der Waals surface area contributed by atoms with Gasteiger partial charge < -0.3 is 13.9 Å². The van der Waals surface area contributed by atoms with Crippen molar-refractivity contribution in [3.05, 3.63) is 64.2 Å². The molecule has 3 aromatic rings. The van der Waals surface area contributed by atoms with E-state index in [0.717, 1.165) is 0 Å². The van der Waals surface area contributed by atoms with Gasteiger partial charge in [0.25, 0.3) is 15.9 Å². The zero-order valence-electron chi connectivity index (χ0n) is 19.9. The van der Waals surface area contributed by atoms with Crippen molar-refractivity contribution in [1.29, 1.82) is 0 Å². The van der Waals surface area contributed by atoms with E-state index in [0.29, 0.717) is 16.4 Å². The van der Waals surface area contributed by atoms with Gasteiger partial charge in [-0.05, 0) is 57.2 Å². The number of rotatable bonds is 4. The molecule has 0 saturated carbocycles.